The van der Waals surface area contributed by atoms with E-state index in [0.717, 1.165) is 30.3 Å². The summed E-state index contributed by atoms with van der Waals surface area (Å²) in [6.07, 6.45) is 9.86. The fourth-order valence-electron chi connectivity index (χ4n) is 3.45. The molecular formula is C21H17N9O2S. The number of pyridine rings is 1. The van der Waals surface area contributed by atoms with Crippen molar-refractivity contribution in [3.63, 3.8) is 0 Å². The Morgan fingerprint density at radius 1 is 1.09 bits per heavy atom. The van der Waals surface area contributed by atoms with E-state index < -0.39 is 0 Å². The Hall–Kier alpha value is -4.06. The molecular weight excluding hydrogens is 442 g/mol. The van der Waals surface area contributed by atoms with Crippen molar-refractivity contribution in [1.29, 1.82) is 0 Å². The first-order valence-electron chi connectivity index (χ1n) is 10.3. The second-order valence-electron chi connectivity index (χ2n) is 7.71. The molecule has 12 heteroatoms. The lowest BCUT2D eigenvalue weighted by molar-refractivity contribution is -0.117. The summed E-state index contributed by atoms with van der Waals surface area (Å²) < 4.78 is 5.11. The van der Waals surface area contributed by atoms with Gasteiger partial charge in [0.2, 0.25) is 11.1 Å². The topological polar surface area (TPSA) is 124 Å². The maximum atomic E-state index is 12.0. The summed E-state index contributed by atoms with van der Waals surface area (Å²) >= 11 is 1.37. The zero-order valence-corrected chi connectivity index (χ0v) is 18.0. The maximum Gasteiger partial charge on any atom is 0.228 e. The van der Waals surface area contributed by atoms with Gasteiger partial charge < -0.3 is 10.1 Å². The van der Waals surface area contributed by atoms with E-state index in [1.54, 1.807) is 21.6 Å². The predicted molar refractivity (Wildman–Crippen MR) is 119 cm³/mol. The van der Waals surface area contributed by atoms with Gasteiger partial charge in [-0.05, 0) is 48.9 Å². The predicted octanol–water partition coefficient (Wildman–Crippen LogP) is 2.33. The first kappa shape index (κ1) is 19.6. The van der Waals surface area contributed by atoms with Gasteiger partial charge in [0.15, 0.2) is 17.1 Å². The fraction of sp³-hybridized carbons (Fsp3) is 0.190. The molecule has 164 valence electrons. The summed E-state index contributed by atoms with van der Waals surface area (Å²) in [5.74, 6) is 0.615. The van der Waals surface area contributed by atoms with Gasteiger partial charge in [-0.3, -0.25) is 13.9 Å². The van der Waals surface area contributed by atoms with E-state index in [9.17, 15) is 9.59 Å². The van der Waals surface area contributed by atoms with Gasteiger partial charge in [0, 0.05) is 29.4 Å². The number of nitrogens with one attached hydrogen (secondary N) is 1. The Bertz CT molecular complexity index is 1510. The van der Waals surface area contributed by atoms with Crippen LogP contribution in [0.2, 0.25) is 0 Å². The molecule has 1 aliphatic carbocycles. The van der Waals surface area contributed by atoms with Gasteiger partial charge in [0.05, 0.1) is 18.9 Å². The normalized spacial score (nSPS) is 13.6. The Labute approximate surface area is 190 Å². The van der Waals surface area contributed by atoms with Crippen molar-refractivity contribution < 1.29 is 9.59 Å². The van der Waals surface area contributed by atoms with Crippen LogP contribution in [0.25, 0.3) is 22.4 Å². The van der Waals surface area contributed by atoms with E-state index >= 15 is 0 Å². The number of amides is 1. The number of aldehydes is 1. The molecule has 0 atom stereocenters. The highest BCUT2D eigenvalue weighted by Gasteiger charge is 2.30. The molecule has 1 aliphatic rings. The van der Waals surface area contributed by atoms with Crippen molar-refractivity contribution in [2.24, 2.45) is 5.92 Å². The molecule has 1 amide bonds. The third kappa shape index (κ3) is 3.84. The summed E-state index contributed by atoms with van der Waals surface area (Å²) in [6.45, 7) is 0.213. The largest absolute Gasteiger partial charge is 0.309 e. The summed E-state index contributed by atoms with van der Waals surface area (Å²) in [5, 5.41) is 21.5. The van der Waals surface area contributed by atoms with Gasteiger partial charge in [-0.1, -0.05) is 0 Å². The Kier molecular flexibility index (Phi) is 4.64. The van der Waals surface area contributed by atoms with Crippen LogP contribution in [0.1, 0.15) is 12.8 Å². The monoisotopic (exact) mass is 459 g/mol. The van der Waals surface area contributed by atoms with Crippen molar-refractivity contribution in [2.45, 2.75) is 29.6 Å². The molecule has 0 radical (unpaired) electrons. The van der Waals surface area contributed by atoms with Crippen LogP contribution in [0.3, 0.4) is 0 Å². The number of imidazole rings is 1. The molecule has 5 heterocycles. The van der Waals surface area contributed by atoms with E-state index in [4.69, 9.17) is 0 Å². The van der Waals surface area contributed by atoms with Crippen LogP contribution in [-0.2, 0) is 16.1 Å². The second-order valence-corrected chi connectivity index (χ2v) is 8.70. The van der Waals surface area contributed by atoms with Gasteiger partial charge in [-0.15, -0.1) is 10.2 Å². The number of aromatic nitrogens is 8. The molecule has 33 heavy (non-hydrogen) atoms. The van der Waals surface area contributed by atoms with Gasteiger partial charge in [-0.2, -0.15) is 10.2 Å². The summed E-state index contributed by atoms with van der Waals surface area (Å²) in [6, 6.07) is 7.52. The van der Waals surface area contributed by atoms with Gasteiger partial charge in [-0.25, -0.2) is 9.50 Å². The van der Waals surface area contributed by atoms with Gasteiger partial charge in [0.1, 0.15) is 11.3 Å². The van der Waals surface area contributed by atoms with Crippen molar-refractivity contribution >= 4 is 41.1 Å². The number of hydrogen-bond donors (Lipinski definition) is 1. The van der Waals surface area contributed by atoms with Gasteiger partial charge >= 0.3 is 0 Å². The Morgan fingerprint density at radius 3 is 2.82 bits per heavy atom. The molecule has 5 aromatic heterocycles. The lowest BCUT2D eigenvalue weighted by Gasteiger charge is -2.02. The summed E-state index contributed by atoms with van der Waals surface area (Å²) in [5.41, 5.74) is 3.17. The number of rotatable bonds is 7. The summed E-state index contributed by atoms with van der Waals surface area (Å²) in [7, 11) is 0. The van der Waals surface area contributed by atoms with Crippen LogP contribution in [0.4, 0.5) is 5.82 Å². The van der Waals surface area contributed by atoms with Crippen LogP contribution in [0.5, 0.6) is 0 Å². The molecule has 6 rings (SSSR count). The number of nitrogens with zero attached hydrogens (tertiary/aromatic N) is 8. The molecule has 0 unspecified atom stereocenters. The van der Waals surface area contributed by atoms with Crippen LogP contribution >= 0.6 is 11.8 Å². The number of fused-ring (bicyclic) bond motifs is 2. The minimum Gasteiger partial charge on any atom is -0.309 e. The van der Waals surface area contributed by atoms with Crippen molar-refractivity contribution in [3.8, 4) is 11.1 Å². The Morgan fingerprint density at radius 2 is 1.97 bits per heavy atom. The number of hydrogen-bond acceptors (Lipinski definition) is 8. The van der Waals surface area contributed by atoms with E-state index in [1.165, 1.54) is 11.8 Å². The highest BCUT2D eigenvalue weighted by Crippen LogP contribution is 2.30. The minimum absolute atomic E-state index is 0.00967. The second kappa shape index (κ2) is 7.81. The first-order chi connectivity index (χ1) is 16.2. The smallest absolute Gasteiger partial charge is 0.228 e. The van der Waals surface area contributed by atoms with E-state index in [1.807, 2.05) is 41.1 Å². The zero-order valence-electron chi connectivity index (χ0n) is 17.2. The highest BCUT2D eigenvalue weighted by atomic mass is 32.2. The number of anilines is 1. The first-order valence-corrected chi connectivity index (χ1v) is 11.1. The van der Waals surface area contributed by atoms with Crippen LogP contribution in [0, 0.1) is 5.92 Å². The average Bonchev–Trinajstić information content (AvgIpc) is 3.25. The number of carbonyl (C=O) groups excluding carboxylic acids is 2. The van der Waals surface area contributed by atoms with E-state index in [0.29, 0.717) is 27.3 Å². The SMILES string of the molecule is O=CCn1cc(-c2ccc3nnc(Sc4ccc5nc(NC(=O)C6CC6)cn5n4)n3c2)cn1. The molecule has 11 nitrogen and oxygen atoms in total. The van der Waals surface area contributed by atoms with Crippen molar-refractivity contribution in [1.82, 2.24) is 39.0 Å². The van der Waals surface area contributed by atoms with E-state index in [2.05, 4.69) is 30.7 Å². The lowest BCUT2D eigenvalue weighted by Crippen LogP contribution is -2.13. The third-order valence-corrected chi connectivity index (χ3v) is 6.18. The fourth-order valence-corrected chi connectivity index (χ4v) is 4.22. The lowest BCUT2D eigenvalue weighted by atomic mass is 10.2. The molecule has 1 fully saturated rings. The Balaban J connectivity index is 1.27. The standard InChI is InChI=1S/C21H17N9O2S/c31-8-7-28-10-15(9-22-28)14-3-4-18-25-26-21(29(18)11-14)33-19-6-5-17-23-16(12-30(17)27-19)24-20(32)13-1-2-13/h3-6,8-13H,1-2,7H2,(H,24,32). The number of carbonyl (C=O) groups is 2. The molecule has 0 bridgehead atoms. The van der Waals surface area contributed by atoms with Crippen molar-refractivity contribution in [2.75, 3.05) is 5.32 Å². The molecule has 0 saturated heterocycles. The molecule has 1 saturated carbocycles. The third-order valence-electron chi connectivity index (χ3n) is 5.29. The molecule has 0 aliphatic heterocycles. The van der Waals surface area contributed by atoms with Gasteiger partial charge in [0.25, 0.3) is 0 Å². The molecule has 0 aromatic carbocycles. The average molecular weight is 459 g/mol. The van der Waals surface area contributed by atoms with E-state index in [-0.39, 0.29) is 18.4 Å². The quantitative estimate of drug-likeness (QED) is 0.368. The zero-order chi connectivity index (χ0) is 22.4. The van der Waals surface area contributed by atoms with Crippen LogP contribution < -0.4 is 5.32 Å². The molecule has 0 spiro atoms. The van der Waals surface area contributed by atoms with Crippen LogP contribution in [-0.4, -0.2) is 51.2 Å². The highest BCUT2D eigenvalue weighted by molar-refractivity contribution is 7.99. The maximum absolute atomic E-state index is 12.0. The summed E-state index contributed by atoms with van der Waals surface area (Å²) in [4.78, 5) is 27.1. The van der Waals surface area contributed by atoms with Crippen molar-refractivity contribution in [3.05, 3.63) is 49.1 Å². The minimum atomic E-state index is 0.00967. The molecule has 1 N–H and O–H groups in total. The van der Waals surface area contributed by atoms with Crippen LogP contribution in [0.15, 0.2) is 59.2 Å². The molecule has 5 aromatic rings.